The van der Waals surface area contributed by atoms with Crippen LogP contribution in [0.25, 0.3) is 0 Å². The number of hydrogen-bond acceptors (Lipinski definition) is 3. The quantitative estimate of drug-likeness (QED) is 0.887. The summed E-state index contributed by atoms with van der Waals surface area (Å²) in [7, 11) is 0. The fourth-order valence-corrected chi connectivity index (χ4v) is 3.67. The largest absolute Gasteiger partial charge is 0.382 e. The summed E-state index contributed by atoms with van der Waals surface area (Å²) < 4.78 is 2.00. The van der Waals surface area contributed by atoms with Gasteiger partial charge in [-0.2, -0.15) is 5.10 Å². The van der Waals surface area contributed by atoms with E-state index in [0.29, 0.717) is 6.04 Å². The van der Waals surface area contributed by atoms with E-state index < -0.39 is 5.60 Å². The van der Waals surface area contributed by atoms with Crippen molar-refractivity contribution in [3.63, 3.8) is 0 Å². The molecule has 2 aliphatic heterocycles. The lowest BCUT2D eigenvalue weighted by Gasteiger charge is -2.37. The summed E-state index contributed by atoms with van der Waals surface area (Å²) in [6.07, 6.45) is 7.38. The van der Waals surface area contributed by atoms with E-state index in [-0.39, 0.29) is 0 Å². The maximum atomic E-state index is 11.2. The van der Waals surface area contributed by atoms with Crippen molar-refractivity contribution in [2.24, 2.45) is 0 Å². The van der Waals surface area contributed by atoms with Crippen LogP contribution in [0.5, 0.6) is 0 Å². The first-order valence-corrected chi connectivity index (χ1v) is 7.24. The molecule has 3 heterocycles. The van der Waals surface area contributed by atoms with Crippen molar-refractivity contribution < 1.29 is 5.11 Å². The van der Waals surface area contributed by atoms with E-state index in [1.165, 1.54) is 12.8 Å². The zero-order valence-electron chi connectivity index (χ0n) is 11.2. The first-order chi connectivity index (χ1) is 8.75. The summed E-state index contributed by atoms with van der Waals surface area (Å²) in [5.41, 5.74) is 0.352. The Balaban J connectivity index is 1.91. The summed E-state index contributed by atoms with van der Waals surface area (Å²) in [5.74, 6) is 0. The molecule has 1 N–H and O–H groups in total. The lowest BCUT2D eigenvalue weighted by atomic mass is 9.86. The van der Waals surface area contributed by atoms with Crippen molar-refractivity contribution >= 4 is 0 Å². The molecule has 4 heteroatoms. The Morgan fingerprint density at radius 1 is 1.44 bits per heavy atom. The van der Waals surface area contributed by atoms with Gasteiger partial charge in [-0.15, -0.1) is 0 Å². The molecule has 3 rings (SSSR count). The van der Waals surface area contributed by atoms with Crippen LogP contribution in [0.1, 0.15) is 44.7 Å². The van der Waals surface area contributed by atoms with Crippen molar-refractivity contribution in [1.29, 1.82) is 0 Å². The topological polar surface area (TPSA) is 41.3 Å². The molecule has 2 unspecified atom stereocenters. The van der Waals surface area contributed by atoms with Crippen molar-refractivity contribution in [3.8, 4) is 0 Å². The molecular weight excluding hydrogens is 226 g/mol. The molecule has 2 fully saturated rings. The number of aliphatic hydroxyl groups is 1. The molecule has 1 aromatic heterocycles. The van der Waals surface area contributed by atoms with E-state index in [9.17, 15) is 5.11 Å². The highest BCUT2D eigenvalue weighted by molar-refractivity contribution is 5.19. The standard InChI is InChI=1S/C14H23N3O/c1-2-9-17-13(6-8-15-17)14(18)7-11-16-10-4-3-5-12(14)16/h6,8,12,18H,2-5,7,9-11H2,1H3. The van der Waals surface area contributed by atoms with Gasteiger partial charge in [-0.3, -0.25) is 9.58 Å². The third-order valence-electron chi connectivity index (χ3n) is 4.54. The van der Waals surface area contributed by atoms with Crippen LogP contribution in [0.3, 0.4) is 0 Å². The van der Waals surface area contributed by atoms with Gasteiger partial charge in [0.05, 0.1) is 5.69 Å². The maximum absolute atomic E-state index is 11.2. The van der Waals surface area contributed by atoms with Gasteiger partial charge in [0.25, 0.3) is 0 Å². The van der Waals surface area contributed by atoms with Gasteiger partial charge in [0, 0.05) is 25.3 Å². The monoisotopic (exact) mass is 249 g/mol. The van der Waals surface area contributed by atoms with Gasteiger partial charge in [-0.25, -0.2) is 0 Å². The number of aryl methyl sites for hydroxylation is 1. The van der Waals surface area contributed by atoms with Crippen molar-refractivity contribution in [1.82, 2.24) is 14.7 Å². The zero-order chi connectivity index (χ0) is 12.6. The van der Waals surface area contributed by atoms with Gasteiger partial charge >= 0.3 is 0 Å². The highest BCUT2D eigenvalue weighted by atomic mass is 16.3. The van der Waals surface area contributed by atoms with Gasteiger partial charge in [0.15, 0.2) is 0 Å². The Bertz CT molecular complexity index is 417. The number of rotatable bonds is 3. The fourth-order valence-electron chi connectivity index (χ4n) is 3.67. The summed E-state index contributed by atoms with van der Waals surface area (Å²) in [6, 6.07) is 2.31. The summed E-state index contributed by atoms with van der Waals surface area (Å²) in [5, 5.41) is 15.5. The summed E-state index contributed by atoms with van der Waals surface area (Å²) >= 11 is 0. The molecule has 2 atom stereocenters. The predicted octanol–water partition coefficient (Wildman–Crippen LogP) is 1.74. The molecule has 18 heavy (non-hydrogen) atoms. The molecule has 1 aromatic rings. The summed E-state index contributed by atoms with van der Waals surface area (Å²) in [6.45, 7) is 5.22. The van der Waals surface area contributed by atoms with E-state index in [2.05, 4.69) is 16.9 Å². The lowest BCUT2D eigenvalue weighted by Crippen LogP contribution is -2.46. The minimum atomic E-state index is -0.675. The minimum absolute atomic E-state index is 0.304. The van der Waals surface area contributed by atoms with Crippen LogP contribution in [-0.4, -0.2) is 38.9 Å². The molecule has 0 aliphatic carbocycles. The Morgan fingerprint density at radius 3 is 3.17 bits per heavy atom. The molecule has 0 saturated carbocycles. The molecule has 2 aliphatic rings. The van der Waals surface area contributed by atoms with E-state index >= 15 is 0 Å². The van der Waals surface area contributed by atoms with Crippen LogP contribution in [-0.2, 0) is 12.1 Å². The van der Waals surface area contributed by atoms with Crippen LogP contribution in [0.2, 0.25) is 0 Å². The van der Waals surface area contributed by atoms with Crippen LogP contribution in [0, 0.1) is 0 Å². The molecular formula is C14H23N3O. The lowest BCUT2D eigenvalue weighted by molar-refractivity contribution is -0.0208. The number of hydrogen-bond donors (Lipinski definition) is 1. The second-order valence-electron chi connectivity index (χ2n) is 5.66. The first-order valence-electron chi connectivity index (χ1n) is 7.24. The number of fused-ring (bicyclic) bond motifs is 1. The average Bonchev–Trinajstić information content (AvgIpc) is 2.97. The number of nitrogens with zero attached hydrogens (tertiary/aromatic N) is 3. The van der Waals surface area contributed by atoms with Crippen LogP contribution in [0.15, 0.2) is 12.3 Å². The molecule has 100 valence electrons. The Morgan fingerprint density at radius 2 is 2.33 bits per heavy atom. The third-order valence-corrected chi connectivity index (χ3v) is 4.54. The Labute approximate surface area is 109 Å². The van der Waals surface area contributed by atoms with Crippen molar-refractivity contribution in [2.75, 3.05) is 13.1 Å². The van der Waals surface area contributed by atoms with Crippen LogP contribution in [0.4, 0.5) is 0 Å². The number of aromatic nitrogens is 2. The van der Waals surface area contributed by atoms with E-state index in [1.807, 2.05) is 16.9 Å². The SMILES string of the molecule is CCCn1nccc1C1(O)CCN2CCCCC21. The Kier molecular flexibility index (Phi) is 3.16. The van der Waals surface area contributed by atoms with Crippen LogP contribution < -0.4 is 0 Å². The smallest absolute Gasteiger partial charge is 0.123 e. The van der Waals surface area contributed by atoms with E-state index in [0.717, 1.165) is 44.6 Å². The predicted molar refractivity (Wildman–Crippen MR) is 70.2 cm³/mol. The summed E-state index contributed by atoms with van der Waals surface area (Å²) in [4.78, 5) is 2.47. The Hall–Kier alpha value is -0.870. The molecule has 0 radical (unpaired) electrons. The highest BCUT2D eigenvalue weighted by Crippen LogP contribution is 2.41. The molecule has 4 nitrogen and oxygen atoms in total. The molecule has 0 bridgehead atoms. The van der Waals surface area contributed by atoms with Gasteiger partial charge < -0.3 is 5.11 Å². The van der Waals surface area contributed by atoms with Gasteiger partial charge in [-0.1, -0.05) is 13.3 Å². The second-order valence-corrected chi connectivity index (χ2v) is 5.66. The highest BCUT2D eigenvalue weighted by Gasteiger charge is 2.49. The van der Waals surface area contributed by atoms with Crippen molar-refractivity contribution in [2.45, 2.75) is 57.2 Å². The molecule has 0 amide bonds. The first kappa shape index (κ1) is 12.2. The third kappa shape index (κ3) is 1.79. The van der Waals surface area contributed by atoms with E-state index in [4.69, 9.17) is 0 Å². The van der Waals surface area contributed by atoms with Gasteiger partial charge in [0.2, 0.25) is 0 Å². The maximum Gasteiger partial charge on any atom is 0.123 e. The zero-order valence-corrected chi connectivity index (χ0v) is 11.2. The fraction of sp³-hybridized carbons (Fsp3) is 0.786. The van der Waals surface area contributed by atoms with Crippen molar-refractivity contribution in [3.05, 3.63) is 18.0 Å². The van der Waals surface area contributed by atoms with Gasteiger partial charge in [-0.05, 0) is 38.3 Å². The average molecular weight is 249 g/mol. The normalized spacial score (nSPS) is 32.7. The number of piperidine rings is 1. The van der Waals surface area contributed by atoms with Gasteiger partial charge in [0.1, 0.15) is 5.60 Å². The molecule has 0 aromatic carbocycles. The molecule has 0 spiro atoms. The van der Waals surface area contributed by atoms with E-state index in [1.54, 1.807) is 0 Å². The molecule has 2 saturated heterocycles. The second kappa shape index (κ2) is 4.67. The van der Waals surface area contributed by atoms with Crippen LogP contribution >= 0.6 is 0 Å². The minimum Gasteiger partial charge on any atom is -0.382 e.